The van der Waals surface area contributed by atoms with E-state index in [2.05, 4.69) is 5.32 Å². The SMILES string of the molecule is CCOc1ccc(NC2=C(c3ccc(OC)c(OC)c3)C(=O)N(CCOC(C)C)C2=O)cc1. The predicted molar refractivity (Wildman–Crippen MR) is 126 cm³/mol. The molecule has 0 aliphatic carbocycles. The van der Waals surface area contributed by atoms with Crippen molar-refractivity contribution in [2.24, 2.45) is 0 Å². The van der Waals surface area contributed by atoms with Crippen molar-refractivity contribution in [1.29, 1.82) is 0 Å². The second-order valence-corrected chi connectivity index (χ2v) is 7.58. The molecule has 1 aliphatic rings. The van der Waals surface area contributed by atoms with Gasteiger partial charge < -0.3 is 24.3 Å². The zero-order chi connectivity index (χ0) is 24.0. The van der Waals surface area contributed by atoms with Crippen LogP contribution in [0.2, 0.25) is 0 Å². The maximum atomic E-state index is 13.3. The summed E-state index contributed by atoms with van der Waals surface area (Å²) in [7, 11) is 3.06. The van der Waals surface area contributed by atoms with Crippen molar-refractivity contribution < 1.29 is 28.5 Å². The predicted octanol–water partition coefficient (Wildman–Crippen LogP) is 3.72. The highest BCUT2D eigenvalue weighted by molar-refractivity contribution is 6.36. The van der Waals surface area contributed by atoms with Crippen LogP contribution in [-0.4, -0.2) is 56.8 Å². The van der Waals surface area contributed by atoms with E-state index in [1.54, 1.807) is 42.5 Å². The number of benzene rings is 2. The van der Waals surface area contributed by atoms with Crippen LogP contribution in [0.25, 0.3) is 5.57 Å². The quantitative estimate of drug-likeness (QED) is 0.518. The summed E-state index contributed by atoms with van der Waals surface area (Å²) in [5.74, 6) is 0.907. The van der Waals surface area contributed by atoms with Crippen molar-refractivity contribution in [2.75, 3.05) is 39.3 Å². The molecule has 1 heterocycles. The lowest BCUT2D eigenvalue weighted by Gasteiger charge is -2.16. The lowest BCUT2D eigenvalue weighted by molar-refractivity contribution is -0.137. The molecule has 1 N–H and O–H groups in total. The number of rotatable bonds is 11. The zero-order valence-electron chi connectivity index (χ0n) is 19.6. The van der Waals surface area contributed by atoms with Crippen molar-refractivity contribution in [3.05, 3.63) is 53.7 Å². The average molecular weight is 455 g/mol. The fourth-order valence-electron chi connectivity index (χ4n) is 3.48. The van der Waals surface area contributed by atoms with Gasteiger partial charge in [-0.25, -0.2) is 0 Å². The van der Waals surface area contributed by atoms with Gasteiger partial charge in [0.2, 0.25) is 0 Å². The molecule has 8 heteroatoms. The van der Waals surface area contributed by atoms with Crippen LogP contribution in [-0.2, 0) is 14.3 Å². The number of nitrogens with zero attached hydrogens (tertiary/aromatic N) is 1. The van der Waals surface area contributed by atoms with Crippen LogP contribution in [0.15, 0.2) is 48.2 Å². The van der Waals surface area contributed by atoms with Gasteiger partial charge in [0.05, 0.1) is 45.7 Å². The van der Waals surface area contributed by atoms with Crippen molar-refractivity contribution in [3.63, 3.8) is 0 Å². The van der Waals surface area contributed by atoms with E-state index in [1.165, 1.54) is 19.1 Å². The molecule has 0 atom stereocenters. The number of anilines is 1. The Bertz CT molecular complexity index is 1030. The molecule has 2 aromatic rings. The van der Waals surface area contributed by atoms with Gasteiger partial charge in [-0.15, -0.1) is 0 Å². The first-order chi connectivity index (χ1) is 15.9. The minimum absolute atomic E-state index is 0.00228. The molecule has 0 saturated heterocycles. The van der Waals surface area contributed by atoms with Crippen molar-refractivity contribution in [1.82, 2.24) is 4.90 Å². The normalized spacial score (nSPS) is 13.7. The first kappa shape index (κ1) is 24.1. The second kappa shape index (κ2) is 10.9. The van der Waals surface area contributed by atoms with E-state index in [4.69, 9.17) is 18.9 Å². The molecule has 3 rings (SSSR count). The van der Waals surface area contributed by atoms with Gasteiger partial charge in [-0.05, 0) is 62.7 Å². The number of ether oxygens (including phenoxy) is 4. The van der Waals surface area contributed by atoms with Crippen molar-refractivity contribution in [2.45, 2.75) is 26.9 Å². The summed E-state index contributed by atoms with van der Waals surface area (Å²) < 4.78 is 21.7. The molecule has 0 unspecified atom stereocenters. The minimum Gasteiger partial charge on any atom is -0.494 e. The molecular weight excluding hydrogens is 424 g/mol. The van der Waals surface area contributed by atoms with Crippen molar-refractivity contribution >= 4 is 23.1 Å². The van der Waals surface area contributed by atoms with E-state index < -0.39 is 11.8 Å². The highest BCUT2D eigenvalue weighted by atomic mass is 16.5. The van der Waals surface area contributed by atoms with Crippen LogP contribution in [0.1, 0.15) is 26.3 Å². The summed E-state index contributed by atoms with van der Waals surface area (Å²) in [6, 6.07) is 12.3. The van der Waals surface area contributed by atoms with Crippen molar-refractivity contribution in [3.8, 4) is 17.2 Å². The van der Waals surface area contributed by atoms with E-state index in [9.17, 15) is 9.59 Å². The summed E-state index contributed by atoms with van der Waals surface area (Å²) in [5, 5.41) is 3.13. The Morgan fingerprint density at radius 1 is 0.939 bits per heavy atom. The Balaban J connectivity index is 1.98. The number of nitrogens with one attached hydrogen (secondary N) is 1. The van der Waals surface area contributed by atoms with E-state index in [1.807, 2.05) is 20.8 Å². The van der Waals surface area contributed by atoms with Crippen LogP contribution in [0.3, 0.4) is 0 Å². The van der Waals surface area contributed by atoms with Gasteiger partial charge in [-0.3, -0.25) is 14.5 Å². The molecule has 33 heavy (non-hydrogen) atoms. The van der Waals surface area contributed by atoms with E-state index in [-0.39, 0.29) is 30.5 Å². The molecule has 176 valence electrons. The maximum absolute atomic E-state index is 13.3. The Morgan fingerprint density at radius 3 is 2.24 bits per heavy atom. The Labute approximate surface area is 194 Å². The molecule has 0 fully saturated rings. The average Bonchev–Trinajstić information content (AvgIpc) is 3.04. The summed E-state index contributed by atoms with van der Waals surface area (Å²) in [6.07, 6.45) is -0.00228. The molecule has 0 aromatic heterocycles. The third kappa shape index (κ3) is 5.46. The fraction of sp³-hybridized carbons (Fsp3) is 0.360. The molecule has 1 aliphatic heterocycles. The highest BCUT2D eigenvalue weighted by Gasteiger charge is 2.39. The summed E-state index contributed by atoms with van der Waals surface area (Å²) in [5.41, 5.74) is 1.67. The number of amides is 2. The Kier molecular flexibility index (Phi) is 7.95. The molecule has 8 nitrogen and oxygen atoms in total. The zero-order valence-corrected chi connectivity index (χ0v) is 19.6. The Morgan fingerprint density at radius 2 is 1.64 bits per heavy atom. The number of methoxy groups -OCH3 is 2. The van der Waals surface area contributed by atoms with Gasteiger partial charge in [0.25, 0.3) is 11.8 Å². The number of hydrogen-bond acceptors (Lipinski definition) is 7. The molecular formula is C25H30N2O6. The summed E-state index contributed by atoms with van der Waals surface area (Å²) in [4.78, 5) is 27.8. The van der Waals surface area contributed by atoms with Crippen LogP contribution in [0.4, 0.5) is 5.69 Å². The van der Waals surface area contributed by atoms with Crippen LogP contribution in [0.5, 0.6) is 17.2 Å². The molecule has 0 spiro atoms. The van der Waals surface area contributed by atoms with Gasteiger partial charge in [0.15, 0.2) is 11.5 Å². The fourth-order valence-corrected chi connectivity index (χ4v) is 3.48. The van der Waals surface area contributed by atoms with Gasteiger partial charge in [0, 0.05) is 5.69 Å². The summed E-state index contributed by atoms with van der Waals surface area (Å²) >= 11 is 0. The third-order valence-corrected chi connectivity index (χ3v) is 5.04. The van der Waals surface area contributed by atoms with E-state index in [0.29, 0.717) is 29.4 Å². The highest BCUT2D eigenvalue weighted by Crippen LogP contribution is 2.35. The standard InChI is InChI=1S/C25H30N2O6/c1-6-32-19-10-8-18(9-11-19)26-23-22(17-7-12-20(30-4)21(15-17)31-5)24(28)27(25(23)29)13-14-33-16(2)3/h7-12,15-16,26H,6,13-14H2,1-5H3. The van der Waals surface area contributed by atoms with Gasteiger partial charge >= 0.3 is 0 Å². The number of imide groups is 1. The first-order valence-corrected chi connectivity index (χ1v) is 10.8. The monoisotopic (exact) mass is 454 g/mol. The Hall–Kier alpha value is -3.52. The number of hydrogen-bond donors (Lipinski definition) is 1. The maximum Gasteiger partial charge on any atom is 0.278 e. The van der Waals surface area contributed by atoms with Gasteiger partial charge in [-0.2, -0.15) is 0 Å². The summed E-state index contributed by atoms with van der Waals surface area (Å²) in [6.45, 7) is 6.68. The minimum atomic E-state index is -0.411. The lowest BCUT2D eigenvalue weighted by atomic mass is 10.0. The largest absolute Gasteiger partial charge is 0.494 e. The lowest BCUT2D eigenvalue weighted by Crippen LogP contribution is -2.35. The molecule has 0 bridgehead atoms. The van der Waals surface area contributed by atoms with Crippen LogP contribution >= 0.6 is 0 Å². The molecule has 0 saturated carbocycles. The second-order valence-electron chi connectivity index (χ2n) is 7.58. The topological polar surface area (TPSA) is 86.3 Å². The molecule has 2 amide bonds. The third-order valence-electron chi connectivity index (χ3n) is 5.04. The van der Waals surface area contributed by atoms with E-state index >= 15 is 0 Å². The van der Waals surface area contributed by atoms with Crippen LogP contribution < -0.4 is 19.5 Å². The first-order valence-electron chi connectivity index (χ1n) is 10.8. The van der Waals surface area contributed by atoms with Gasteiger partial charge in [0.1, 0.15) is 11.4 Å². The van der Waals surface area contributed by atoms with Crippen LogP contribution in [0, 0.1) is 0 Å². The molecule has 2 aromatic carbocycles. The number of carbonyl (C=O) groups excluding carboxylic acids is 2. The van der Waals surface area contributed by atoms with Gasteiger partial charge in [-0.1, -0.05) is 6.07 Å². The number of carbonyl (C=O) groups is 2. The van der Waals surface area contributed by atoms with E-state index in [0.717, 1.165) is 5.75 Å². The smallest absolute Gasteiger partial charge is 0.278 e. The molecule has 0 radical (unpaired) electrons.